The smallest absolute Gasteiger partial charge is 0.200 e. The molecule has 3 aromatic rings. The van der Waals surface area contributed by atoms with Crippen molar-refractivity contribution < 1.29 is 31.4 Å². The summed E-state index contributed by atoms with van der Waals surface area (Å²) in [5.74, 6) is -7.83. The van der Waals surface area contributed by atoms with Crippen molar-refractivity contribution in [3.05, 3.63) is 111 Å². The quantitative estimate of drug-likeness (QED) is 0.183. The zero-order chi connectivity index (χ0) is 27.4. The largest absolute Gasteiger partial charge is 0.505 e. The van der Waals surface area contributed by atoms with Crippen molar-refractivity contribution in [1.82, 2.24) is 0 Å². The molecule has 1 aliphatic carbocycles. The predicted octanol–water partition coefficient (Wildman–Crippen LogP) is 9.35. The highest BCUT2D eigenvalue weighted by Gasteiger charge is 2.29. The van der Waals surface area contributed by atoms with Crippen LogP contribution in [0.25, 0.3) is 12.2 Å². The Morgan fingerprint density at radius 1 is 0.658 bits per heavy atom. The number of aryl methyl sites for hydroxylation is 1. The molecule has 3 aromatic carbocycles. The van der Waals surface area contributed by atoms with Crippen LogP contribution in [0.5, 0.6) is 5.75 Å². The minimum atomic E-state index is -1.42. The number of hydrogen-bond acceptors (Lipinski definition) is 1. The zero-order valence-electron chi connectivity index (χ0n) is 20.9. The molecule has 0 spiro atoms. The van der Waals surface area contributed by atoms with Crippen LogP contribution in [-0.4, -0.2) is 5.11 Å². The van der Waals surface area contributed by atoms with Crippen molar-refractivity contribution in [1.29, 1.82) is 0 Å². The van der Waals surface area contributed by atoms with Gasteiger partial charge in [-0.25, -0.2) is 22.0 Å². The lowest BCUT2D eigenvalue weighted by atomic mass is 9.75. The lowest BCUT2D eigenvalue weighted by Gasteiger charge is -2.30. The van der Waals surface area contributed by atoms with Gasteiger partial charge in [0.05, 0.1) is 0 Å². The van der Waals surface area contributed by atoms with Crippen LogP contribution in [0.3, 0.4) is 0 Å². The number of phenols is 1. The Morgan fingerprint density at radius 2 is 1.16 bits per heavy atom. The first kappa shape index (κ1) is 27.6. The number of phenolic OH excluding ortho intramolecular Hbond substituents is 1. The maximum atomic E-state index is 15.0. The van der Waals surface area contributed by atoms with Gasteiger partial charge in [0.15, 0.2) is 34.8 Å². The topological polar surface area (TPSA) is 20.2 Å². The summed E-state index contributed by atoms with van der Waals surface area (Å²) in [6.07, 6.45) is 9.01. The molecule has 0 amide bonds. The van der Waals surface area contributed by atoms with Crippen LogP contribution in [0.2, 0.25) is 0 Å². The Labute approximate surface area is 218 Å². The van der Waals surface area contributed by atoms with Crippen LogP contribution in [0.4, 0.5) is 26.3 Å². The van der Waals surface area contributed by atoms with Crippen LogP contribution in [0.15, 0.2) is 48.6 Å². The van der Waals surface area contributed by atoms with E-state index in [-0.39, 0.29) is 28.5 Å². The Balaban J connectivity index is 1.45. The van der Waals surface area contributed by atoms with Gasteiger partial charge < -0.3 is 5.11 Å². The van der Waals surface area contributed by atoms with E-state index in [1.54, 1.807) is 12.1 Å². The molecule has 0 unspecified atom stereocenters. The van der Waals surface area contributed by atoms with Gasteiger partial charge in [-0.1, -0.05) is 48.6 Å². The summed E-state index contributed by atoms with van der Waals surface area (Å²) in [7, 11) is 0. The van der Waals surface area contributed by atoms with E-state index in [4.69, 9.17) is 0 Å². The molecule has 0 heterocycles. The number of rotatable bonds is 7. The molecule has 1 fully saturated rings. The van der Waals surface area contributed by atoms with Crippen LogP contribution in [0.1, 0.15) is 78.7 Å². The standard InChI is InChI=1S/C31H28F6O/c1-2-3-4-5-20-12-15-23(29(35)26(20)32)18-6-8-19(9-7-18)24-16-13-21(27(33)30(24)36)10-11-22-14-17-25(38)31(37)28(22)34/h2-3,10-19,38H,4-9H2,1H3/b3-2+,11-10+. The second-order valence-corrected chi connectivity index (χ2v) is 9.61. The van der Waals surface area contributed by atoms with Crippen LogP contribution in [-0.2, 0) is 6.42 Å². The molecule has 38 heavy (non-hydrogen) atoms. The molecule has 200 valence electrons. The summed E-state index contributed by atoms with van der Waals surface area (Å²) in [6, 6.07) is 8.19. The maximum absolute atomic E-state index is 15.0. The first-order valence-corrected chi connectivity index (χ1v) is 12.6. The Bertz CT molecular complexity index is 1370. The highest BCUT2D eigenvalue weighted by Crippen LogP contribution is 2.43. The molecule has 0 aromatic heterocycles. The van der Waals surface area contributed by atoms with Gasteiger partial charge in [0.25, 0.3) is 0 Å². The molecule has 1 saturated carbocycles. The molecule has 0 atom stereocenters. The van der Waals surface area contributed by atoms with Crippen LogP contribution < -0.4 is 0 Å². The summed E-state index contributed by atoms with van der Waals surface area (Å²) < 4.78 is 86.7. The third kappa shape index (κ3) is 5.66. The van der Waals surface area contributed by atoms with E-state index in [1.807, 2.05) is 19.1 Å². The number of benzene rings is 3. The molecule has 1 aliphatic rings. The van der Waals surface area contributed by atoms with E-state index in [0.29, 0.717) is 49.7 Å². The molecule has 0 bridgehead atoms. The minimum Gasteiger partial charge on any atom is -0.505 e. The summed E-state index contributed by atoms with van der Waals surface area (Å²) in [4.78, 5) is 0. The molecule has 1 N–H and O–H groups in total. The lowest BCUT2D eigenvalue weighted by Crippen LogP contribution is -2.15. The van der Waals surface area contributed by atoms with Crippen molar-refractivity contribution in [2.24, 2.45) is 0 Å². The Morgan fingerprint density at radius 3 is 1.74 bits per heavy atom. The van der Waals surface area contributed by atoms with Crippen molar-refractivity contribution >= 4 is 12.2 Å². The van der Waals surface area contributed by atoms with Gasteiger partial charge in [0.1, 0.15) is 0 Å². The number of aromatic hydroxyl groups is 1. The summed E-state index contributed by atoms with van der Waals surface area (Å²) in [5.41, 5.74) is 0.492. The second kappa shape index (κ2) is 11.9. The van der Waals surface area contributed by atoms with Gasteiger partial charge >= 0.3 is 0 Å². The van der Waals surface area contributed by atoms with E-state index in [0.717, 1.165) is 24.3 Å². The average Bonchev–Trinajstić information content (AvgIpc) is 2.92. The van der Waals surface area contributed by atoms with Crippen molar-refractivity contribution in [2.45, 2.75) is 57.3 Å². The first-order chi connectivity index (χ1) is 18.2. The van der Waals surface area contributed by atoms with E-state index < -0.39 is 40.7 Å². The molecule has 7 heteroatoms. The molecule has 1 nitrogen and oxygen atoms in total. The van der Waals surface area contributed by atoms with Crippen LogP contribution >= 0.6 is 0 Å². The fourth-order valence-corrected chi connectivity index (χ4v) is 5.12. The summed E-state index contributed by atoms with van der Waals surface area (Å²) in [5, 5.41) is 9.21. The van der Waals surface area contributed by atoms with E-state index in [2.05, 4.69) is 0 Å². The molecular formula is C31H28F6O. The van der Waals surface area contributed by atoms with Crippen molar-refractivity contribution in [3.8, 4) is 5.75 Å². The average molecular weight is 531 g/mol. The van der Waals surface area contributed by atoms with Gasteiger partial charge in [-0.05, 0) is 86.1 Å². The van der Waals surface area contributed by atoms with Gasteiger partial charge in [-0.3, -0.25) is 0 Å². The van der Waals surface area contributed by atoms with E-state index in [1.165, 1.54) is 12.1 Å². The zero-order valence-corrected chi connectivity index (χ0v) is 20.9. The van der Waals surface area contributed by atoms with E-state index >= 15 is 0 Å². The van der Waals surface area contributed by atoms with Gasteiger partial charge in [-0.15, -0.1) is 0 Å². The first-order valence-electron chi connectivity index (χ1n) is 12.6. The fourth-order valence-electron chi connectivity index (χ4n) is 5.12. The fraction of sp³-hybridized carbons (Fsp3) is 0.290. The normalized spacial score (nSPS) is 18.1. The molecule has 4 rings (SSSR count). The second-order valence-electron chi connectivity index (χ2n) is 9.61. The third-order valence-corrected chi connectivity index (χ3v) is 7.29. The SMILES string of the molecule is C/C=C/CCc1ccc(C2CCC(c3ccc(/C=C/c4ccc(O)c(F)c4F)c(F)c3F)CC2)c(F)c1F. The number of halogens is 6. The molecular weight excluding hydrogens is 502 g/mol. The number of allylic oxidation sites excluding steroid dienone is 2. The van der Waals surface area contributed by atoms with Crippen LogP contribution in [0, 0.1) is 34.9 Å². The Hall–Kier alpha value is -3.48. The van der Waals surface area contributed by atoms with Crippen molar-refractivity contribution in [3.63, 3.8) is 0 Å². The number of hydrogen-bond donors (Lipinski definition) is 1. The molecule has 0 aliphatic heterocycles. The summed E-state index contributed by atoms with van der Waals surface area (Å²) in [6.45, 7) is 1.87. The third-order valence-electron chi connectivity index (χ3n) is 7.29. The minimum absolute atomic E-state index is 0.139. The predicted molar refractivity (Wildman–Crippen MR) is 137 cm³/mol. The maximum Gasteiger partial charge on any atom is 0.200 e. The van der Waals surface area contributed by atoms with Gasteiger partial charge in [0, 0.05) is 11.1 Å². The molecule has 0 radical (unpaired) electrons. The van der Waals surface area contributed by atoms with Gasteiger partial charge in [0.2, 0.25) is 5.82 Å². The Kier molecular flexibility index (Phi) is 8.65. The van der Waals surface area contributed by atoms with E-state index in [9.17, 15) is 31.4 Å². The monoisotopic (exact) mass is 530 g/mol. The highest BCUT2D eigenvalue weighted by atomic mass is 19.2. The molecule has 0 saturated heterocycles. The highest BCUT2D eigenvalue weighted by molar-refractivity contribution is 5.70. The van der Waals surface area contributed by atoms with Gasteiger partial charge in [-0.2, -0.15) is 4.39 Å². The lowest BCUT2D eigenvalue weighted by molar-refractivity contribution is 0.369. The van der Waals surface area contributed by atoms with Crippen molar-refractivity contribution in [2.75, 3.05) is 0 Å². The summed E-state index contributed by atoms with van der Waals surface area (Å²) >= 11 is 0.